The lowest BCUT2D eigenvalue weighted by Crippen LogP contribution is -2.52. The molecule has 1 saturated heterocycles. The molecular weight excluding hydrogens is 314 g/mol. The predicted molar refractivity (Wildman–Crippen MR) is 81.9 cm³/mol. The molecule has 3 amide bonds. The molecule has 0 radical (unpaired) electrons. The summed E-state index contributed by atoms with van der Waals surface area (Å²) in [6.45, 7) is 0.344. The number of rotatable bonds is 4. The number of amides is 3. The Morgan fingerprint density at radius 3 is 2.88 bits per heavy atom. The fourth-order valence-corrected chi connectivity index (χ4v) is 3.07. The van der Waals surface area contributed by atoms with Crippen molar-refractivity contribution in [2.24, 2.45) is 5.11 Å². The van der Waals surface area contributed by atoms with Gasteiger partial charge in [-0.25, -0.2) is 0 Å². The van der Waals surface area contributed by atoms with Gasteiger partial charge in [-0.2, -0.15) is 0 Å². The van der Waals surface area contributed by atoms with Crippen molar-refractivity contribution < 1.29 is 19.1 Å². The van der Waals surface area contributed by atoms with Crippen molar-refractivity contribution in [3.05, 3.63) is 39.3 Å². The topological polar surface area (TPSA) is 124 Å². The normalized spacial score (nSPS) is 19.6. The summed E-state index contributed by atoms with van der Waals surface area (Å²) in [7, 11) is 1.49. The lowest BCUT2D eigenvalue weighted by atomic mass is 10.0. The van der Waals surface area contributed by atoms with Gasteiger partial charge < -0.3 is 9.64 Å². The van der Waals surface area contributed by atoms with Gasteiger partial charge in [0.05, 0.1) is 20.2 Å². The van der Waals surface area contributed by atoms with Crippen LogP contribution in [0.15, 0.2) is 17.2 Å². The van der Waals surface area contributed by atoms with Crippen molar-refractivity contribution in [2.45, 2.75) is 32.0 Å². The van der Waals surface area contributed by atoms with E-state index >= 15 is 0 Å². The van der Waals surface area contributed by atoms with Gasteiger partial charge in [-0.1, -0.05) is 5.11 Å². The van der Waals surface area contributed by atoms with Crippen LogP contribution in [0.4, 0.5) is 0 Å². The molecule has 0 aliphatic carbocycles. The number of carbonyl (C=O) groups excluding carboxylic acids is 3. The number of imide groups is 1. The summed E-state index contributed by atoms with van der Waals surface area (Å²) in [6.07, 6.45) is 0.508. The minimum Gasteiger partial charge on any atom is -0.496 e. The molecule has 3 rings (SSSR count). The molecule has 1 aromatic carbocycles. The summed E-state index contributed by atoms with van der Waals surface area (Å²) in [5.41, 5.74) is 10.2. The van der Waals surface area contributed by atoms with Crippen molar-refractivity contribution in [3.8, 4) is 5.75 Å². The molecule has 0 aromatic heterocycles. The van der Waals surface area contributed by atoms with Gasteiger partial charge in [-0.3, -0.25) is 19.7 Å². The average molecular weight is 329 g/mol. The maximum atomic E-state index is 12.7. The zero-order valence-corrected chi connectivity index (χ0v) is 13.0. The van der Waals surface area contributed by atoms with E-state index in [-0.39, 0.29) is 31.3 Å². The van der Waals surface area contributed by atoms with Crippen LogP contribution >= 0.6 is 0 Å². The first-order valence-electron chi connectivity index (χ1n) is 7.40. The summed E-state index contributed by atoms with van der Waals surface area (Å²) in [5, 5.41) is 5.76. The fraction of sp³-hybridized carbons (Fsp3) is 0.400. The third-order valence-corrected chi connectivity index (χ3v) is 4.21. The molecular formula is C15H15N5O4. The number of nitrogens with one attached hydrogen (secondary N) is 1. The molecule has 0 spiro atoms. The van der Waals surface area contributed by atoms with E-state index in [1.165, 1.54) is 12.0 Å². The fourth-order valence-electron chi connectivity index (χ4n) is 3.07. The highest BCUT2D eigenvalue weighted by Gasteiger charge is 2.40. The molecule has 1 atom stereocenters. The van der Waals surface area contributed by atoms with E-state index in [1.54, 1.807) is 12.1 Å². The molecule has 1 aromatic rings. The Morgan fingerprint density at radius 1 is 1.42 bits per heavy atom. The Hall–Kier alpha value is -3.06. The zero-order chi connectivity index (χ0) is 17.3. The first kappa shape index (κ1) is 15.8. The quantitative estimate of drug-likeness (QED) is 0.386. The molecule has 2 aliphatic rings. The smallest absolute Gasteiger partial charge is 0.255 e. The number of nitrogens with zero attached hydrogens (tertiary/aromatic N) is 4. The molecule has 0 saturated carbocycles. The number of azide groups is 1. The first-order chi connectivity index (χ1) is 11.5. The van der Waals surface area contributed by atoms with E-state index < -0.39 is 11.9 Å². The lowest BCUT2D eigenvalue weighted by Gasteiger charge is -2.29. The highest BCUT2D eigenvalue weighted by molar-refractivity contribution is 6.05. The number of hydrogen-bond acceptors (Lipinski definition) is 5. The van der Waals surface area contributed by atoms with Crippen LogP contribution in [0.3, 0.4) is 0 Å². The number of ether oxygens (including phenoxy) is 1. The van der Waals surface area contributed by atoms with Crippen LogP contribution in [-0.2, 0) is 22.7 Å². The summed E-state index contributed by atoms with van der Waals surface area (Å²) < 4.78 is 5.34. The molecule has 0 bridgehead atoms. The van der Waals surface area contributed by atoms with E-state index in [0.717, 1.165) is 0 Å². The molecule has 2 heterocycles. The average Bonchev–Trinajstić information content (AvgIpc) is 2.89. The van der Waals surface area contributed by atoms with Gasteiger partial charge in [0.15, 0.2) is 0 Å². The minimum absolute atomic E-state index is 0.103. The summed E-state index contributed by atoms with van der Waals surface area (Å²) in [6, 6.07) is 2.70. The SMILES string of the molecule is COc1cc(CN=[N+]=[N-])cc2c1CN(C1CCC(=O)NC1=O)C2=O. The minimum atomic E-state index is -0.673. The maximum Gasteiger partial charge on any atom is 0.255 e. The monoisotopic (exact) mass is 329 g/mol. The number of methoxy groups -OCH3 is 1. The summed E-state index contributed by atoms with van der Waals surface area (Å²) >= 11 is 0. The molecule has 9 heteroatoms. The van der Waals surface area contributed by atoms with Gasteiger partial charge in [0, 0.05) is 22.5 Å². The number of fused-ring (bicyclic) bond motifs is 1. The number of piperidine rings is 1. The van der Waals surface area contributed by atoms with Gasteiger partial charge in [0.25, 0.3) is 5.91 Å². The summed E-state index contributed by atoms with van der Waals surface area (Å²) in [5.74, 6) is -0.560. The van der Waals surface area contributed by atoms with Crippen molar-refractivity contribution in [1.82, 2.24) is 10.2 Å². The third-order valence-electron chi connectivity index (χ3n) is 4.21. The van der Waals surface area contributed by atoms with Crippen LogP contribution in [0.1, 0.15) is 34.3 Å². The molecule has 124 valence electrons. The largest absolute Gasteiger partial charge is 0.496 e. The van der Waals surface area contributed by atoms with Gasteiger partial charge in [0.1, 0.15) is 11.8 Å². The Bertz CT molecular complexity index is 784. The molecule has 9 nitrogen and oxygen atoms in total. The standard InChI is InChI=1S/C15H15N5O4/c1-24-12-5-8(6-17-19-16)4-9-10(12)7-20(15(9)23)11-2-3-13(21)18-14(11)22/h4-5,11H,2-3,6-7H2,1H3,(H,18,21,22). The van der Waals surface area contributed by atoms with Crippen LogP contribution in [0.2, 0.25) is 0 Å². The highest BCUT2D eigenvalue weighted by atomic mass is 16.5. The van der Waals surface area contributed by atoms with E-state index in [0.29, 0.717) is 28.9 Å². The Balaban J connectivity index is 1.93. The molecule has 24 heavy (non-hydrogen) atoms. The first-order valence-corrected chi connectivity index (χ1v) is 7.40. The highest BCUT2D eigenvalue weighted by Crippen LogP contribution is 2.34. The number of benzene rings is 1. The number of hydrogen-bond donors (Lipinski definition) is 1. The van der Waals surface area contributed by atoms with Crippen LogP contribution in [0, 0.1) is 0 Å². The van der Waals surface area contributed by atoms with Crippen LogP contribution in [0.25, 0.3) is 10.4 Å². The Kier molecular flexibility index (Phi) is 4.09. The second kappa shape index (κ2) is 6.21. The van der Waals surface area contributed by atoms with E-state index in [4.69, 9.17) is 10.3 Å². The van der Waals surface area contributed by atoms with E-state index in [2.05, 4.69) is 15.3 Å². The van der Waals surface area contributed by atoms with Crippen molar-refractivity contribution in [2.75, 3.05) is 7.11 Å². The zero-order valence-electron chi connectivity index (χ0n) is 13.0. The van der Waals surface area contributed by atoms with Gasteiger partial charge in [0.2, 0.25) is 11.8 Å². The third kappa shape index (κ3) is 2.65. The molecule has 1 N–H and O–H groups in total. The van der Waals surface area contributed by atoms with Crippen molar-refractivity contribution >= 4 is 17.7 Å². The van der Waals surface area contributed by atoms with E-state index in [1.807, 2.05) is 0 Å². The molecule has 2 aliphatic heterocycles. The maximum absolute atomic E-state index is 12.7. The summed E-state index contributed by atoms with van der Waals surface area (Å²) in [4.78, 5) is 40.2. The lowest BCUT2D eigenvalue weighted by molar-refractivity contribution is -0.136. The Morgan fingerprint density at radius 2 is 2.21 bits per heavy atom. The van der Waals surface area contributed by atoms with Gasteiger partial charge in [-0.15, -0.1) is 0 Å². The van der Waals surface area contributed by atoms with Crippen LogP contribution in [0.5, 0.6) is 5.75 Å². The van der Waals surface area contributed by atoms with Crippen LogP contribution < -0.4 is 10.1 Å². The predicted octanol–water partition coefficient (Wildman–Crippen LogP) is 1.27. The van der Waals surface area contributed by atoms with Crippen molar-refractivity contribution in [1.29, 1.82) is 0 Å². The second-order valence-corrected chi connectivity index (χ2v) is 5.61. The van der Waals surface area contributed by atoms with Crippen LogP contribution in [-0.4, -0.2) is 35.8 Å². The van der Waals surface area contributed by atoms with Crippen molar-refractivity contribution in [3.63, 3.8) is 0 Å². The molecule has 1 unspecified atom stereocenters. The van der Waals surface area contributed by atoms with Gasteiger partial charge in [-0.05, 0) is 29.6 Å². The number of carbonyl (C=O) groups is 3. The molecule has 1 fully saturated rings. The Labute approximate surface area is 137 Å². The second-order valence-electron chi connectivity index (χ2n) is 5.61. The van der Waals surface area contributed by atoms with Gasteiger partial charge >= 0.3 is 0 Å². The van der Waals surface area contributed by atoms with E-state index in [9.17, 15) is 14.4 Å².